The lowest BCUT2D eigenvalue weighted by atomic mass is 10.1. The Labute approximate surface area is 164 Å². The van der Waals surface area contributed by atoms with Gasteiger partial charge in [0.2, 0.25) is 11.1 Å². The Kier molecular flexibility index (Phi) is 5.98. The van der Waals surface area contributed by atoms with Gasteiger partial charge in [-0.1, -0.05) is 47.6 Å². The van der Waals surface area contributed by atoms with E-state index in [1.54, 1.807) is 43.3 Å². The van der Waals surface area contributed by atoms with Crippen LogP contribution >= 0.6 is 23.4 Å². The van der Waals surface area contributed by atoms with E-state index in [2.05, 4.69) is 15.5 Å². The molecule has 3 aromatic rings. The Hall–Kier alpha value is -2.58. The third kappa shape index (κ3) is 4.78. The summed E-state index contributed by atoms with van der Waals surface area (Å²) < 4.78 is 14.3. The minimum Gasteiger partial charge on any atom is -0.336 e. The molecule has 140 valence electrons. The molecule has 1 aromatic heterocycles. The lowest BCUT2D eigenvalue weighted by Gasteiger charge is -2.12. The molecule has 0 spiro atoms. The minimum absolute atomic E-state index is 0.226. The summed E-state index contributed by atoms with van der Waals surface area (Å²) in [5.74, 6) is 6.04. The molecular weight excluding hydrogens is 389 g/mol. The predicted molar refractivity (Wildman–Crippen MR) is 105 cm³/mol. The summed E-state index contributed by atoms with van der Waals surface area (Å²) in [5, 5.41) is 11.3. The van der Waals surface area contributed by atoms with Gasteiger partial charge < -0.3 is 11.2 Å². The Bertz CT molecular complexity index is 947. The maximum Gasteiger partial charge on any atom is 0.237 e. The maximum absolute atomic E-state index is 13.0. The van der Waals surface area contributed by atoms with Crippen LogP contribution in [0.15, 0.2) is 53.7 Å². The van der Waals surface area contributed by atoms with Gasteiger partial charge in [-0.25, -0.2) is 9.07 Å². The molecule has 0 aliphatic heterocycles. The molecule has 1 atom stereocenters. The van der Waals surface area contributed by atoms with E-state index in [-0.39, 0.29) is 11.7 Å². The molecule has 0 saturated carbocycles. The second-order valence-corrected chi connectivity index (χ2v) is 7.52. The van der Waals surface area contributed by atoms with Crippen LogP contribution in [0.2, 0.25) is 5.02 Å². The number of nitrogen functional groups attached to an aromatic ring is 1. The highest BCUT2D eigenvalue weighted by atomic mass is 35.5. The number of halogens is 2. The van der Waals surface area contributed by atoms with Gasteiger partial charge in [0.1, 0.15) is 5.82 Å². The lowest BCUT2D eigenvalue weighted by molar-refractivity contribution is -0.115. The van der Waals surface area contributed by atoms with Crippen molar-refractivity contribution in [1.82, 2.24) is 14.9 Å². The summed E-state index contributed by atoms with van der Waals surface area (Å²) in [5.41, 5.74) is 1.40. The van der Waals surface area contributed by atoms with Gasteiger partial charge in [-0.3, -0.25) is 4.79 Å². The van der Waals surface area contributed by atoms with Crippen molar-refractivity contribution in [3.8, 4) is 0 Å². The SMILES string of the molecule is C[C@@H](Sc1nnc(Cc2ccc(F)cc2)n1N)C(=O)Nc1ccccc1Cl. The zero-order valence-electron chi connectivity index (χ0n) is 14.4. The highest BCUT2D eigenvalue weighted by Gasteiger charge is 2.20. The van der Waals surface area contributed by atoms with Crippen LogP contribution in [-0.4, -0.2) is 26.0 Å². The zero-order valence-corrected chi connectivity index (χ0v) is 16.0. The van der Waals surface area contributed by atoms with Crippen LogP contribution in [0.1, 0.15) is 18.3 Å². The molecule has 0 saturated heterocycles. The van der Waals surface area contributed by atoms with Crippen molar-refractivity contribution >= 4 is 35.0 Å². The van der Waals surface area contributed by atoms with Crippen molar-refractivity contribution < 1.29 is 9.18 Å². The molecular formula is C18H17ClFN5OS. The highest BCUT2D eigenvalue weighted by Crippen LogP contribution is 2.25. The smallest absolute Gasteiger partial charge is 0.237 e. The Morgan fingerprint density at radius 2 is 1.96 bits per heavy atom. The first-order valence-electron chi connectivity index (χ1n) is 8.10. The topological polar surface area (TPSA) is 85.8 Å². The van der Waals surface area contributed by atoms with E-state index < -0.39 is 5.25 Å². The van der Waals surface area contributed by atoms with E-state index in [0.29, 0.717) is 28.1 Å². The summed E-state index contributed by atoms with van der Waals surface area (Å²) in [6.07, 6.45) is 0.407. The van der Waals surface area contributed by atoms with Gasteiger partial charge in [0, 0.05) is 6.42 Å². The number of amides is 1. The van der Waals surface area contributed by atoms with Crippen molar-refractivity contribution in [3.63, 3.8) is 0 Å². The van der Waals surface area contributed by atoms with Gasteiger partial charge in [0.15, 0.2) is 5.82 Å². The number of carbonyl (C=O) groups excluding carboxylic acids is 1. The molecule has 0 unspecified atom stereocenters. The van der Waals surface area contributed by atoms with Crippen molar-refractivity contribution in [1.29, 1.82) is 0 Å². The molecule has 0 aliphatic carbocycles. The average molecular weight is 406 g/mol. The third-order valence-electron chi connectivity index (χ3n) is 3.79. The summed E-state index contributed by atoms with van der Waals surface area (Å²) in [6, 6.07) is 13.1. The van der Waals surface area contributed by atoms with E-state index in [1.165, 1.54) is 28.6 Å². The van der Waals surface area contributed by atoms with Crippen molar-refractivity contribution in [2.45, 2.75) is 23.8 Å². The molecule has 9 heteroatoms. The molecule has 0 bridgehead atoms. The van der Waals surface area contributed by atoms with E-state index in [0.717, 1.165) is 5.56 Å². The normalized spacial score (nSPS) is 12.0. The van der Waals surface area contributed by atoms with Crippen LogP contribution in [0.5, 0.6) is 0 Å². The molecule has 0 aliphatic rings. The van der Waals surface area contributed by atoms with Crippen molar-refractivity contribution in [2.24, 2.45) is 0 Å². The van der Waals surface area contributed by atoms with Crippen LogP contribution < -0.4 is 11.2 Å². The maximum atomic E-state index is 13.0. The standard InChI is InChI=1S/C18H17ClFN5OS/c1-11(17(26)22-15-5-3-2-4-14(15)19)27-18-24-23-16(25(18)21)10-12-6-8-13(20)9-7-12/h2-9,11H,10,21H2,1H3,(H,22,26)/t11-/m1/s1. The van der Waals surface area contributed by atoms with Crippen LogP contribution in [-0.2, 0) is 11.2 Å². The van der Waals surface area contributed by atoms with E-state index in [9.17, 15) is 9.18 Å². The highest BCUT2D eigenvalue weighted by molar-refractivity contribution is 8.00. The third-order valence-corrected chi connectivity index (χ3v) is 5.18. The molecule has 2 aromatic carbocycles. The van der Waals surface area contributed by atoms with E-state index in [4.69, 9.17) is 17.4 Å². The molecule has 27 heavy (non-hydrogen) atoms. The van der Waals surface area contributed by atoms with Gasteiger partial charge in [0.25, 0.3) is 0 Å². The van der Waals surface area contributed by atoms with Gasteiger partial charge in [0.05, 0.1) is 16.0 Å². The molecule has 0 radical (unpaired) electrons. The van der Waals surface area contributed by atoms with E-state index >= 15 is 0 Å². The molecule has 3 N–H and O–H groups in total. The number of thioether (sulfide) groups is 1. The van der Waals surface area contributed by atoms with Gasteiger partial charge in [-0.05, 0) is 36.8 Å². The number of nitrogens with two attached hydrogens (primary N) is 1. The van der Waals surface area contributed by atoms with Gasteiger partial charge in [-0.2, -0.15) is 0 Å². The molecule has 6 nitrogen and oxygen atoms in total. The van der Waals surface area contributed by atoms with Gasteiger partial charge in [-0.15, -0.1) is 10.2 Å². The fourth-order valence-corrected chi connectivity index (χ4v) is 3.27. The molecule has 3 rings (SSSR count). The number of carbonyl (C=O) groups is 1. The summed E-state index contributed by atoms with van der Waals surface area (Å²) in [4.78, 5) is 12.4. The second-order valence-electron chi connectivity index (χ2n) is 5.80. The zero-order chi connectivity index (χ0) is 19.4. The number of rotatable bonds is 6. The fraction of sp³-hybridized carbons (Fsp3) is 0.167. The predicted octanol–water partition coefficient (Wildman–Crippen LogP) is 3.49. The number of benzene rings is 2. The lowest BCUT2D eigenvalue weighted by Crippen LogP contribution is -2.24. The Balaban J connectivity index is 1.65. The monoisotopic (exact) mass is 405 g/mol. The largest absolute Gasteiger partial charge is 0.336 e. The number of anilines is 1. The Morgan fingerprint density at radius 1 is 1.26 bits per heavy atom. The van der Waals surface area contributed by atoms with Crippen LogP contribution in [0.4, 0.5) is 10.1 Å². The Morgan fingerprint density at radius 3 is 2.67 bits per heavy atom. The number of para-hydroxylation sites is 1. The van der Waals surface area contributed by atoms with Crippen molar-refractivity contribution in [3.05, 3.63) is 70.8 Å². The fourth-order valence-electron chi connectivity index (χ4n) is 2.30. The summed E-state index contributed by atoms with van der Waals surface area (Å²) in [7, 11) is 0. The van der Waals surface area contributed by atoms with Crippen molar-refractivity contribution in [2.75, 3.05) is 11.2 Å². The average Bonchev–Trinajstić information content (AvgIpc) is 2.99. The van der Waals surface area contributed by atoms with Gasteiger partial charge >= 0.3 is 0 Å². The van der Waals surface area contributed by atoms with Crippen LogP contribution in [0.25, 0.3) is 0 Å². The van der Waals surface area contributed by atoms with Crippen LogP contribution in [0, 0.1) is 5.82 Å². The number of nitrogens with zero attached hydrogens (tertiary/aromatic N) is 3. The quantitative estimate of drug-likeness (QED) is 0.484. The number of nitrogens with one attached hydrogen (secondary N) is 1. The number of hydrogen-bond donors (Lipinski definition) is 2. The number of aromatic nitrogens is 3. The molecule has 0 fully saturated rings. The summed E-state index contributed by atoms with van der Waals surface area (Å²) >= 11 is 7.24. The second kappa shape index (κ2) is 8.41. The van der Waals surface area contributed by atoms with Crippen LogP contribution in [0.3, 0.4) is 0 Å². The minimum atomic E-state index is -0.466. The van der Waals surface area contributed by atoms with E-state index in [1.807, 2.05) is 0 Å². The molecule has 1 amide bonds. The first-order chi connectivity index (χ1) is 12.9. The number of hydrogen-bond acceptors (Lipinski definition) is 5. The first-order valence-corrected chi connectivity index (χ1v) is 9.35. The summed E-state index contributed by atoms with van der Waals surface area (Å²) in [6.45, 7) is 1.74. The first kappa shape index (κ1) is 19.2. The molecule has 1 heterocycles.